The van der Waals surface area contributed by atoms with Crippen molar-refractivity contribution >= 4 is 26.0 Å². The molecule has 1 aromatic rings. The van der Waals surface area contributed by atoms with E-state index in [2.05, 4.69) is 37.5 Å². The van der Waals surface area contributed by atoms with Gasteiger partial charge in [0.1, 0.15) is 5.82 Å². The van der Waals surface area contributed by atoms with Crippen LogP contribution in [0.4, 0.5) is 4.39 Å². The second-order valence-corrected chi connectivity index (χ2v) is 7.74. The van der Waals surface area contributed by atoms with E-state index < -0.39 is 15.8 Å². The molecule has 118 valence electrons. The summed E-state index contributed by atoms with van der Waals surface area (Å²) < 4.78 is 40.3. The SMILES string of the molecule is CN1CCN(CCNS(=O)(=O)c2ccc(Br)c(F)c2)CC1. The zero-order valence-electron chi connectivity index (χ0n) is 11.8. The van der Waals surface area contributed by atoms with Gasteiger partial charge in [-0.05, 0) is 41.2 Å². The molecule has 5 nitrogen and oxygen atoms in total. The number of hydrogen-bond donors (Lipinski definition) is 1. The van der Waals surface area contributed by atoms with Crippen molar-refractivity contribution in [3.63, 3.8) is 0 Å². The lowest BCUT2D eigenvalue weighted by atomic mass is 10.3. The van der Waals surface area contributed by atoms with E-state index in [0.29, 0.717) is 13.1 Å². The van der Waals surface area contributed by atoms with Gasteiger partial charge in [-0.25, -0.2) is 17.5 Å². The molecule has 0 bridgehead atoms. The van der Waals surface area contributed by atoms with Crippen LogP contribution >= 0.6 is 15.9 Å². The molecule has 0 atom stereocenters. The van der Waals surface area contributed by atoms with Crippen molar-refractivity contribution in [2.24, 2.45) is 0 Å². The minimum Gasteiger partial charge on any atom is -0.304 e. The Morgan fingerprint density at radius 1 is 1.29 bits per heavy atom. The summed E-state index contributed by atoms with van der Waals surface area (Å²) in [4.78, 5) is 4.40. The number of benzene rings is 1. The Labute approximate surface area is 133 Å². The highest BCUT2D eigenvalue weighted by Gasteiger charge is 2.17. The van der Waals surface area contributed by atoms with Gasteiger partial charge in [0.05, 0.1) is 9.37 Å². The maximum absolute atomic E-state index is 13.4. The molecule has 1 aliphatic rings. The van der Waals surface area contributed by atoms with Crippen LogP contribution in [0.5, 0.6) is 0 Å². The van der Waals surface area contributed by atoms with Gasteiger partial charge in [0.25, 0.3) is 0 Å². The second kappa shape index (κ2) is 7.15. The smallest absolute Gasteiger partial charge is 0.240 e. The fraction of sp³-hybridized carbons (Fsp3) is 0.538. The molecule has 1 aliphatic heterocycles. The van der Waals surface area contributed by atoms with Crippen molar-refractivity contribution in [3.8, 4) is 0 Å². The van der Waals surface area contributed by atoms with E-state index in [1.165, 1.54) is 12.1 Å². The van der Waals surface area contributed by atoms with Gasteiger partial charge in [0.2, 0.25) is 10.0 Å². The molecule has 0 aromatic heterocycles. The number of nitrogens with zero attached hydrogens (tertiary/aromatic N) is 2. The Morgan fingerprint density at radius 2 is 1.95 bits per heavy atom. The van der Waals surface area contributed by atoms with Gasteiger partial charge in [-0.2, -0.15) is 0 Å². The van der Waals surface area contributed by atoms with Crippen molar-refractivity contribution in [3.05, 3.63) is 28.5 Å². The van der Waals surface area contributed by atoms with E-state index in [0.717, 1.165) is 32.2 Å². The van der Waals surface area contributed by atoms with Crippen LogP contribution in [0, 0.1) is 5.82 Å². The molecule has 21 heavy (non-hydrogen) atoms. The maximum Gasteiger partial charge on any atom is 0.240 e. The highest BCUT2D eigenvalue weighted by molar-refractivity contribution is 9.10. The fourth-order valence-electron chi connectivity index (χ4n) is 2.14. The van der Waals surface area contributed by atoms with Crippen LogP contribution in [0.15, 0.2) is 27.6 Å². The Morgan fingerprint density at radius 3 is 2.57 bits per heavy atom. The van der Waals surface area contributed by atoms with Gasteiger partial charge < -0.3 is 4.90 Å². The second-order valence-electron chi connectivity index (χ2n) is 5.12. The van der Waals surface area contributed by atoms with Crippen LogP contribution in [-0.2, 0) is 10.0 Å². The number of rotatable bonds is 5. The summed E-state index contributed by atoms with van der Waals surface area (Å²) in [6, 6.07) is 3.79. The molecule has 1 aromatic carbocycles. The van der Waals surface area contributed by atoms with Gasteiger partial charge in [-0.1, -0.05) is 0 Å². The molecule has 0 aliphatic carbocycles. The van der Waals surface area contributed by atoms with E-state index in [9.17, 15) is 12.8 Å². The van der Waals surface area contributed by atoms with Gasteiger partial charge in [-0.3, -0.25) is 4.90 Å². The van der Waals surface area contributed by atoms with Crippen molar-refractivity contribution in [2.75, 3.05) is 46.3 Å². The van der Waals surface area contributed by atoms with E-state index in [-0.39, 0.29) is 9.37 Å². The molecule has 8 heteroatoms. The summed E-state index contributed by atoms with van der Waals surface area (Å²) in [5, 5.41) is 0. The van der Waals surface area contributed by atoms with Crippen molar-refractivity contribution in [1.29, 1.82) is 0 Å². The molecule has 0 amide bonds. The highest BCUT2D eigenvalue weighted by Crippen LogP contribution is 2.19. The molecule has 1 heterocycles. The minimum atomic E-state index is -3.66. The summed E-state index contributed by atoms with van der Waals surface area (Å²) >= 11 is 3.00. The predicted octanol–water partition coefficient (Wildman–Crippen LogP) is 1.11. The minimum absolute atomic E-state index is 0.0541. The lowest BCUT2D eigenvalue weighted by Gasteiger charge is -2.32. The quantitative estimate of drug-likeness (QED) is 0.832. The van der Waals surface area contributed by atoms with Gasteiger partial charge in [-0.15, -0.1) is 0 Å². The molecule has 0 saturated carbocycles. The lowest BCUT2D eigenvalue weighted by Crippen LogP contribution is -2.46. The average molecular weight is 380 g/mol. The Kier molecular flexibility index (Phi) is 5.73. The first-order valence-corrected chi connectivity index (χ1v) is 9.02. The van der Waals surface area contributed by atoms with Crippen LogP contribution < -0.4 is 4.72 Å². The van der Waals surface area contributed by atoms with E-state index in [4.69, 9.17) is 0 Å². The van der Waals surface area contributed by atoms with Crippen molar-refractivity contribution in [2.45, 2.75) is 4.90 Å². The Hall–Kier alpha value is -0.540. The van der Waals surface area contributed by atoms with Crippen molar-refractivity contribution in [1.82, 2.24) is 14.5 Å². The van der Waals surface area contributed by atoms with Crippen molar-refractivity contribution < 1.29 is 12.8 Å². The summed E-state index contributed by atoms with van der Waals surface area (Å²) in [5.74, 6) is -0.586. The molecular weight excluding hydrogens is 361 g/mol. The molecule has 1 saturated heterocycles. The topological polar surface area (TPSA) is 52.6 Å². The molecule has 2 rings (SSSR count). The van der Waals surface area contributed by atoms with Crippen LogP contribution in [-0.4, -0.2) is 64.5 Å². The Bertz CT molecular complexity index is 589. The first kappa shape index (κ1) is 16.8. The predicted molar refractivity (Wildman–Crippen MR) is 83.2 cm³/mol. The lowest BCUT2D eigenvalue weighted by molar-refractivity contribution is 0.156. The largest absolute Gasteiger partial charge is 0.304 e. The highest BCUT2D eigenvalue weighted by atomic mass is 79.9. The molecule has 0 unspecified atom stereocenters. The number of hydrogen-bond acceptors (Lipinski definition) is 4. The summed E-state index contributed by atoms with van der Waals surface area (Å²) in [5.41, 5.74) is 0. The third kappa shape index (κ3) is 4.72. The number of sulfonamides is 1. The Balaban J connectivity index is 1.88. The summed E-state index contributed by atoms with van der Waals surface area (Å²) in [6.07, 6.45) is 0. The van der Waals surface area contributed by atoms with Crippen LogP contribution in [0.25, 0.3) is 0 Å². The zero-order chi connectivity index (χ0) is 15.5. The monoisotopic (exact) mass is 379 g/mol. The molecule has 0 radical (unpaired) electrons. The van der Waals surface area contributed by atoms with Crippen LogP contribution in [0.1, 0.15) is 0 Å². The number of halogens is 2. The van der Waals surface area contributed by atoms with Crippen LogP contribution in [0.3, 0.4) is 0 Å². The van der Waals surface area contributed by atoms with E-state index in [1.54, 1.807) is 0 Å². The first-order valence-electron chi connectivity index (χ1n) is 6.74. The van der Waals surface area contributed by atoms with E-state index in [1.807, 2.05) is 0 Å². The van der Waals surface area contributed by atoms with E-state index >= 15 is 0 Å². The third-order valence-corrected chi connectivity index (χ3v) is 5.62. The average Bonchev–Trinajstić information content (AvgIpc) is 2.44. The summed E-state index contributed by atoms with van der Waals surface area (Å²) in [6.45, 7) is 4.83. The van der Waals surface area contributed by atoms with Gasteiger partial charge >= 0.3 is 0 Å². The zero-order valence-corrected chi connectivity index (χ0v) is 14.3. The standard InChI is InChI=1S/C13H19BrFN3O2S/c1-17-6-8-18(9-7-17)5-4-16-21(19,20)11-2-3-12(14)13(15)10-11/h2-3,10,16H,4-9H2,1H3. The number of piperazine rings is 1. The number of likely N-dealkylation sites (N-methyl/N-ethyl adjacent to an activating group) is 1. The fourth-order valence-corrected chi connectivity index (χ4v) is 3.42. The molecule has 0 spiro atoms. The number of nitrogens with one attached hydrogen (secondary N) is 1. The normalized spacial score (nSPS) is 18.0. The van der Waals surface area contributed by atoms with Gasteiger partial charge in [0, 0.05) is 39.3 Å². The maximum atomic E-state index is 13.4. The third-order valence-electron chi connectivity index (χ3n) is 3.52. The first-order chi connectivity index (χ1) is 9.88. The van der Waals surface area contributed by atoms with Gasteiger partial charge in [0.15, 0.2) is 0 Å². The van der Waals surface area contributed by atoms with Crippen LogP contribution in [0.2, 0.25) is 0 Å². The summed E-state index contributed by atoms with van der Waals surface area (Å²) in [7, 11) is -1.59. The molecular formula is C13H19BrFN3O2S. The molecule has 1 fully saturated rings. The molecule has 1 N–H and O–H groups in total.